The lowest BCUT2D eigenvalue weighted by Crippen LogP contribution is -2.29. The summed E-state index contributed by atoms with van der Waals surface area (Å²) in [6, 6.07) is 24.0. The number of nitrogens with zero attached hydrogens (tertiary/aromatic N) is 2. The SMILES string of the molecule is Cc1ccccc1C(=O)NC(C)c1nc2ccccc2n1CCCCOc1ccc(C(C)(C)C)cc1. The molecule has 1 aromatic heterocycles. The predicted molar refractivity (Wildman–Crippen MR) is 147 cm³/mol. The van der Waals surface area contributed by atoms with Gasteiger partial charge in [0, 0.05) is 12.1 Å². The van der Waals surface area contributed by atoms with Crippen molar-refractivity contribution in [3.05, 3.63) is 95.3 Å². The summed E-state index contributed by atoms with van der Waals surface area (Å²) >= 11 is 0. The zero-order valence-electron chi connectivity index (χ0n) is 22.0. The van der Waals surface area contributed by atoms with Gasteiger partial charge in [0.25, 0.3) is 5.91 Å². The molecule has 0 saturated heterocycles. The lowest BCUT2D eigenvalue weighted by molar-refractivity contribution is 0.0937. The van der Waals surface area contributed by atoms with Crippen molar-refractivity contribution >= 4 is 16.9 Å². The van der Waals surface area contributed by atoms with E-state index < -0.39 is 0 Å². The summed E-state index contributed by atoms with van der Waals surface area (Å²) in [6.45, 7) is 12.1. The van der Waals surface area contributed by atoms with Crippen molar-refractivity contribution in [1.82, 2.24) is 14.9 Å². The number of carbonyl (C=O) groups excluding carboxylic acids is 1. The third-order valence-electron chi connectivity index (χ3n) is 6.57. The first-order chi connectivity index (χ1) is 17.2. The minimum absolute atomic E-state index is 0.0786. The van der Waals surface area contributed by atoms with Gasteiger partial charge in [0.15, 0.2) is 0 Å². The van der Waals surface area contributed by atoms with Gasteiger partial charge in [0.2, 0.25) is 0 Å². The molecular formula is C31H37N3O2. The first-order valence-corrected chi connectivity index (χ1v) is 12.8. The fraction of sp³-hybridized carbons (Fsp3) is 0.355. The first kappa shape index (κ1) is 25.5. The van der Waals surface area contributed by atoms with E-state index in [0.29, 0.717) is 12.2 Å². The van der Waals surface area contributed by atoms with Crippen LogP contribution in [0.3, 0.4) is 0 Å². The van der Waals surface area contributed by atoms with Gasteiger partial charge in [-0.3, -0.25) is 4.79 Å². The molecule has 0 aliphatic carbocycles. The van der Waals surface area contributed by atoms with Crippen LogP contribution >= 0.6 is 0 Å². The number of ether oxygens (including phenoxy) is 1. The van der Waals surface area contributed by atoms with Crippen molar-refractivity contribution in [2.75, 3.05) is 6.61 Å². The van der Waals surface area contributed by atoms with Crippen LogP contribution in [0.15, 0.2) is 72.8 Å². The molecule has 4 rings (SSSR count). The summed E-state index contributed by atoms with van der Waals surface area (Å²) in [5, 5.41) is 3.15. The number of benzene rings is 3. The number of nitrogens with one attached hydrogen (secondary N) is 1. The lowest BCUT2D eigenvalue weighted by Gasteiger charge is -2.19. The smallest absolute Gasteiger partial charge is 0.252 e. The van der Waals surface area contributed by atoms with E-state index in [4.69, 9.17) is 9.72 Å². The van der Waals surface area contributed by atoms with Crippen molar-refractivity contribution in [2.24, 2.45) is 0 Å². The maximum absolute atomic E-state index is 12.9. The van der Waals surface area contributed by atoms with E-state index in [-0.39, 0.29) is 17.4 Å². The molecule has 0 aliphatic rings. The van der Waals surface area contributed by atoms with Crippen LogP contribution in [0.4, 0.5) is 0 Å². The molecule has 1 unspecified atom stereocenters. The highest BCUT2D eigenvalue weighted by molar-refractivity contribution is 5.95. The lowest BCUT2D eigenvalue weighted by atomic mass is 9.87. The van der Waals surface area contributed by atoms with Crippen molar-refractivity contribution in [3.63, 3.8) is 0 Å². The second-order valence-electron chi connectivity index (χ2n) is 10.5. The van der Waals surface area contributed by atoms with Crippen LogP contribution < -0.4 is 10.1 Å². The average Bonchev–Trinajstić information content (AvgIpc) is 3.22. The van der Waals surface area contributed by atoms with Gasteiger partial charge < -0.3 is 14.6 Å². The van der Waals surface area contributed by atoms with E-state index in [2.05, 4.69) is 61.0 Å². The van der Waals surface area contributed by atoms with Crippen LogP contribution in [-0.4, -0.2) is 22.1 Å². The molecule has 1 amide bonds. The van der Waals surface area contributed by atoms with Gasteiger partial charge in [0.05, 0.1) is 23.7 Å². The summed E-state index contributed by atoms with van der Waals surface area (Å²) in [6.07, 6.45) is 1.88. The molecule has 0 bridgehead atoms. The number of imidazole rings is 1. The van der Waals surface area contributed by atoms with E-state index in [1.54, 1.807) is 0 Å². The molecule has 0 spiro atoms. The maximum Gasteiger partial charge on any atom is 0.252 e. The number of hydrogen-bond acceptors (Lipinski definition) is 3. The van der Waals surface area contributed by atoms with E-state index in [0.717, 1.165) is 47.6 Å². The van der Waals surface area contributed by atoms with Crippen molar-refractivity contribution < 1.29 is 9.53 Å². The number of carbonyl (C=O) groups is 1. The number of unbranched alkanes of at least 4 members (excludes halogenated alkanes) is 1. The Morgan fingerprint density at radius 2 is 1.67 bits per heavy atom. The molecule has 5 nitrogen and oxygen atoms in total. The second-order valence-corrected chi connectivity index (χ2v) is 10.5. The zero-order valence-corrected chi connectivity index (χ0v) is 22.0. The van der Waals surface area contributed by atoms with Gasteiger partial charge in [-0.2, -0.15) is 0 Å². The Balaban J connectivity index is 1.39. The van der Waals surface area contributed by atoms with Gasteiger partial charge in [0.1, 0.15) is 11.6 Å². The molecule has 1 atom stereocenters. The quantitative estimate of drug-likeness (QED) is 0.261. The molecule has 0 radical (unpaired) electrons. The van der Waals surface area contributed by atoms with Crippen molar-refractivity contribution in [3.8, 4) is 5.75 Å². The average molecular weight is 484 g/mol. The highest BCUT2D eigenvalue weighted by atomic mass is 16.5. The Bertz CT molecular complexity index is 1320. The van der Waals surface area contributed by atoms with Gasteiger partial charge in [-0.1, -0.05) is 63.2 Å². The Hall–Kier alpha value is -3.60. The first-order valence-electron chi connectivity index (χ1n) is 12.8. The van der Waals surface area contributed by atoms with Crippen LogP contribution in [0.2, 0.25) is 0 Å². The summed E-state index contributed by atoms with van der Waals surface area (Å²) in [5.41, 5.74) is 5.13. The molecule has 3 aromatic carbocycles. The summed E-state index contributed by atoms with van der Waals surface area (Å²) < 4.78 is 8.22. The van der Waals surface area contributed by atoms with E-state index in [1.165, 1.54) is 5.56 Å². The Morgan fingerprint density at radius 3 is 2.39 bits per heavy atom. The molecule has 36 heavy (non-hydrogen) atoms. The maximum atomic E-state index is 12.9. The minimum Gasteiger partial charge on any atom is -0.494 e. The number of fused-ring (bicyclic) bond motifs is 1. The molecular weight excluding hydrogens is 446 g/mol. The summed E-state index contributed by atoms with van der Waals surface area (Å²) in [7, 11) is 0. The number of amides is 1. The fourth-order valence-corrected chi connectivity index (χ4v) is 4.44. The van der Waals surface area contributed by atoms with E-state index >= 15 is 0 Å². The minimum atomic E-state index is -0.220. The highest BCUT2D eigenvalue weighted by Gasteiger charge is 2.19. The van der Waals surface area contributed by atoms with E-state index in [1.807, 2.05) is 56.3 Å². The van der Waals surface area contributed by atoms with Gasteiger partial charge in [-0.25, -0.2) is 4.98 Å². The molecule has 0 saturated carbocycles. The standard InChI is InChI=1S/C31H37N3O2/c1-22-12-6-7-13-26(22)30(35)32-23(2)29-33-27-14-8-9-15-28(27)34(29)20-10-11-21-36-25-18-16-24(17-19-25)31(3,4)5/h6-9,12-19,23H,10-11,20-21H2,1-5H3,(H,32,35). The summed E-state index contributed by atoms with van der Waals surface area (Å²) in [5.74, 6) is 1.70. The van der Waals surface area contributed by atoms with Crippen LogP contribution in [0.5, 0.6) is 5.75 Å². The van der Waals surface area contributed by atoms with E-state index in [9.17, 15) is 4.79 Å². The van der Waals surface area contributed by atoms with Crippen molar-refractivity contribution in [1.29, 1.82) is 0 Å². The normalized spacial score (nSPS) is 12.5. The molecule has 1 N–H and O–H groups in total. The molecule has 0 fully saturated rings. The number of para-hydroxylation sites is 2. The zero-order chi connectivity index (χ0) is 25.7. The number of hydrogen-bond donors (Lipinski definition) is 1. The Labute approximate surface area is 214 Å². The fourth-order valence-electron chi connectivity index (χ4n) is 4.44. The van der Waals surface area contributed by atoms with Gasteiger partial charge in [-0.15, -0.1) is 0 Å². The molecule has 1 heterocycles. The van der Waals surface area contributed by atoms with Crippen molar-refractivity contribution in [2.45, 2.75) is 65.5 Å². The Morgan fingerprint density at radius 1 is 0.972 bits per heavy atom. The highest BCUT2D eigenvalue weighted by Crippen LogP contribution is 2.25. The number of rotatable bonds is 9. The molecule has 188 valence electrons. The number of aryl methyl sites for hydroxylation is 2. The van der Waals surface area contributed by atoms with Crippen LogP contribution in [0.1, 0.15) is 73.9 Å². The molecule has 5 heteroatoms. The third kappa shape index (κ3) is 5.96. The molecule has 0 aliphatic heterocycles. The molecule has 4 aromatic rings. The van der Waals surface area contributed by atoms with Gasteiger partial charge in [-0.05, 0) is 73.6 Å². The topological polar surface area (TPSA) is 56.2 Å². The monoisotopic (exact) mass is 483 g/mol. The van der Waals surface area contributed by atoms with Gasteiger partial charge >= 0.3 is 0 Å². The number of aromatic nitrogens is 2. The van der Waals surface area contributed by atoms with Crippen LogP contribution in [0.25, 0.3) is 11.0 Å². The summed E-state index contributed by atoms with van der Waals surface area (Å²) in [4.78, 5) is 17.8. The predicted octanol–water partition coefficient (Wildman–Crippen LogP) is 6.99. The third-order valence-corrected chi connectivity index (χ3v) is 6.57. The Kier molecular flexibility index (Phi) is 7.78. The largest absolute Gasteiger partial charge is 0.494 e. The second kappa shape index (κ2) is 11.0. The van der Waals surface area contributed by atoms with Crippen LogP contribution in [-0.2, 0) is 12.0 Å². The van der Waals surface area contributed by atoms with Crippen LogP contribution in [0, 0.1) is 6.92 Å².